The molecule has 1 aliphatic carbocycles. The highest BCUT2D eigenvalue weighted by Crippen LogP contribution is 2.41. The van der Waals surface area contributed by atoms with Crippen molar-refractivity contribution in [2.24, 2.45) is 5.92 Å². The molecule has 3 heterocycles. The van der Waals surface area contributed by atoms with Crippen molar-refractivity contribution in [1.29, 1.82) is 0 Å². The Morgan fingerprint density at radius 2 is 2.00 bits per heavy atom. The fourth-order valence-corrected chi connectivity index (χ4v) is 4.38. The molecule has 7 nitrogen and oxygen atoms in total. The van der Waals surface area contributed by atoms with E-state index < -0.39 is 0 Å². The van der Waals surface area contributed by atoms with Crippen LogP contribution in [-0.2, 0) is 9.53 Å². The number of carbonyl (C=O) groups is 2. The van der Waals surface area contributed by atoms with Gasteiger partial charge in [-0.1, -0.05) is 0 Å². The van der Waals surface area contributed by atoms with Gasteiger partial charge in [0, 0.05) is 24.8 Å². The van der Waals surface area contributed by atoms with Gasteiger partial charge >= 0.3 is 0 Å². The highest BCUT2D eigenvalue weighted by Gasteiger charge is 2.55. The second-order valence-electron chi connectivity index (χ2n) is 5.97. The molecular weight excluding hydrogens is 320 g/mol. The van der Waals surface area contributed by atoms with Gasteiger partial charge in [-0.15, -0.1) is 11.3 Å². The van der Waals surface area contributed by atoms with E-state index in [1.54, 1.807) is 5.38 Å². The van der Waals surface area contributed by atoms with Gasteiger partial charge in [0.15, 0.2) is 11.5 Å². The zero-order chi connectivity index (χ0) is 16.0. The summed E-state index contributed by atoms with van der Waals surface area (Å²) in [6.45, 7) is 3.09. The minimum atomic E-state index is -0.188. The molecule has 23 heavy (non-hydrogen) atoms. The maximum atomic E-state index is 12.6. The average molecular weight is 338 g/mol. The summed E-state index contributed by atoms with van der Waals surface area (Å²) < 4.78 is 16.7. The van der Waals surface area contributed by atoms with E-state index in [4.69, 9.17) is 14.2 Å². The van der Waals surface area contributed by atoms with Gasteiger partial charge in [0.2, 0.25) is 5.91 Å². The van der Waals surface area contributed by atoms with Gasteiger partial charge in [-0.3, -0.25) is 9.59 Å². The molecular formula is C15H18N2O5S. The largest absolute Gasteiger partial charge is 0.485 e. The van der Waals surface area contributed by atoms with Crippen molar-refractivity contribution in [1.82, 2.24) is 10.6 Å². The molecule has 0 spiro atoms. The van der Waals surface area contributed by atoms with Gasteiger partial charge in [0.05, 0.1) is 18.2 Å². The van der Waals surface area contributed by atoms with Crippen LogP contribution in [0.1, 0.15) is 23.0 Å². The molecule has 2 N–H and O–H groups in total. The highest BCUT2D eigenvalue weighted by atomic mass is 32.1. The van der Waals surface area contributed by atoms with Crippen LogP contribution in [-0.4, -0.2) is 49.8 Å². The number of nitrogens with one attached hydrogen (secondary N) is 2. The van der Waals surface area contributed by atoms with E-state index >= 15 is 0 Å². The van der Waals surface area contributed by atoms with Crippen LogP contribution in [0.25, 0.3) is 0 Å². The molecule has 1 aromatic rings. The molecule has 2 fully saturated rings. The lowest BCUT2D eigenvalue weighted by Gasteiger charge is -2.47. The molecule has 0 radical (unpaired) electrons. The van der Waals surface area contributed by atoms with Crippen molar-refractivity contribution in [2.45, 2.75) is 31.5 Å². The Morgan fingerprint density at radius 3 is 2.83 bits per heavy atom. The predicted octanol–water partition coefficient (Wildman–Crippen LogP) is 0.541. The van der Waals surface area contributed by atoms with Crippen LogP contribution in [0.2, 0.25) is 0 Å². The number of amides is 2. The molecule has 3 aliphatic rings. The molecule has 0 unspecified atom stereocenters. The summed E-state index contributed by atoms with van der Waals surface area (Å²) in [5.41, 5.74) is 0. The fourth-order valence-electron chi connectivity index (χ4n) is 3.55. The first-order chi connectivity index (χ1) is 11.1. The minimum Gasteiger partial charge on any atom is -0.485 e. The van der Waals surface area contributed by atoms with Gasteiger partial charge in [-0.2, -0.15) is 0 Å². The Kier molecular flexibility index (Phi) is 3.65. The number of carbonyl (C=O) groups excluding carboxylic acids is 2. The topological polar surface area (TPSA) is 85.9 Å². The minimum absolute atomic E-state index is 0.000957. The zero-order valence-corrected chi connectivity index (χ0v) is 13.5. The van der Waals surface area contributed by atoms with Crippen molar-refractivity contribution in [2.75, 3.05) is 19.8 Å². The average Bonchev–Trinajstić information content (AvgIpc) is 3.15. The number of fused-ring (bicyclic) bond motifs is 2. The molecule has 1 aromatic heterocycles. The summed E-state index contributed by atoms with van der Waals surface area (Å²) in [5.74, 6) is 1.10. The van der Waals surface area contributed by atoms with E-state index in [1.165, 1.54) is 18.3 Å². The molecule has 4 rings (SSSR count). The molecule has 0 aromatic carbocycles. The number of ether oxygens (including phenoxy) is 3. The van der Waals surface area contributed by atoms with Crippen LogP contribution in [0.5, 0.6) is 11.5 Å². The lowest BCUT2D eigenvalue weighted by Crippen LogP contribution is -2.70. The molecule has 124 valence electrons. The molecule has 1 saturated heterocycles. The third kappa shape index (κ3) is 2.46. The number of hydrogen-bond acceptors (Lipinski definition) is 6. The maximum Gasteiger partial charge on any atom is 0.265 e. The molecule has 2 aliphatic heterocycles. The van der Waals surface area contributed by atoms with Crippen LogP contribution in [0.15, 0.2) is 5.38 Å². The summed E-state index contributed by atoms with van der Waals surface area (Å²) in [7, 11) is 0. The first-order valence-electron chi connectivity index (χ1n) is 7.72. The third-order valence-electron chi connectivity index (χ3n) is 4.56. The van der Waals surface area contributed by atoms with Crippen molar-refractivity contribution < 1.29 is 23.8 Å². The van der Waals surface area contributed by atoms with Crippen molar-refractivity contribution >= 4 is 23.2 Å². The fraction of sp³-hybridized carbons (Fsp3) is 0.600. The Labute approximate surface area is 137 Å². The van der Waals surface area contributed by atoms with Crippen molar-refractivity contribution in [3.8, 4) is 11.5 Å². The van der Waals surface area contributed by atoms with Gasteiger partial charge in [-0.05, 0) is 6.42 Å². The predicted molar refractivity (Wildman–Crippen MR) is 82.0 cm³/mol. The summed E-state index contributed by atoms with van der Waals surface area (Å²) in [5, 5.41) is 7.71. The third-order valence-corrected chi connectivity index (χ3v) is 5.50. The van der Waals surface area contributed by atoms with Crippen molar-refractivity contribution in [3.63, 3.8) is 0 Å². The monoisotopic (exact) mass is 338 g/mol. The summed E-state index contributed by atoms with van der Waals surface area (Å²) >= 11 is 1.31. The molecule has 1 saturated carbocycles. The smallest absolute Gasteiger partial charge is 0.265 e. The summed E-state index contributed by atoms with van der Waals surface area (Å²) in [6.07, 6.45) is 0.898. The lowest BCUT2D eigenvalue weighted by atomic mass is 9.71. The van der Waals surface area contributed by atoms with E-state index in [0.29, 0.717) is 36.2 Å². The van der Waals surface area contributed by atoms with E-state index in [-0.39, 0.29) is 35.9 Å². The zero-order valence-electron chi connectivity index (χ0n) is 12.7. The van der Waals surface area contributed by atoms with Crippen LogP contribution in [0.3, 0.4) is 0 Å². The Morgan fingerprint density at radius 1 is 1.17 bits per heavy atom. The first-order valence-corrected chi connectivity index (χ1v) is 8.60. The van der Waals surface area contributed by atoms with Gasteiger partial charge in [0.1, 0.15) is 18.1 Å². The van der Waals surface area contributed by atoms with Crippen LogP contribution < -0.4 is 20.1 Å². The Balaban J connectivity index is 1.49. The standard InChI is InChI=1S/C15H18N2O5S/c1-7(18)16-11-10(8-2-3-21-12(8)11)17-15(19)14-13-9(6-23-14)20-4-5-22-13/h6,8,10-12H,2-5H2,1H3,(H,16,18)(H,17,19)/t8-,10+,11-,12-/m1/s1. The van der Waals surface area contributed by atoms with E-state index in [9.17, 15) is 9.59 Å². The number of thiophene rings is 1. The number of rotatable bonds is 3. The van der Waals surface area contributed by atoms with E-state index in [0.717, 1.165) is 6.42 Å². The van der Waals surface area contributed by atoms with Crippen LogP contribution in [0.4, 0.5) is 0 Å². The van der Waals surface area contributed by atoms with E-state index in [1.807, 2.05) is 0 Å². The second kappa shape index (κ2) is 5.68. The van der Waals surface area contributed by atoms with Crippen LogP contribution >= 0.6 is 11.3 Å². The normalized spacial score (nSPS) is 31.0. The Bertz CT molecular complexity index is 646. The SMILES string of the molecule is CC(=O)N[C@@H]1[C@@H](NC(=O)c2scc3c2OCCO3)[C@H]2CCO[C@H]21. The molecule has 4 atom stereocenters. The molecule has 0 bridgehead atoms. The Hall–Kier alpha value is -1.80. The highest BCUT2D eigenvalue weighted by molar-refractivity contribution is 7.12. The van der Waals surface area contributed by atoms with Gasteiger partial charge in [-0.25, -0.2) is 0 Å². The quantitative estimate of drug-likeness (QED) is 0.840. The molecule has 2 amide bonds. The molecule has 8 heteroatoms. The van der Waals surface area contributed by atoms with E-state index in [2.05, 4.69) is 10.6 Å². The summed E-state index contributed by atoms with van der Waals surface area (Å²) in [4.78, 5) is 24.5. The maximum absolute atomic E-state index is 12.6. The van der Waals surface area contributed by atoms with Gasteiger partial charge < -0.3 is 24.8 Å². The summed E-state index contributed by atoms with van der Waals surface area (Å²) in [6, 6.07) is -0.280. The first kappa shape index (κ1) is 14.8. The lowest BCUT2D eigenvalue weighted by molar-refractivity contribution is -0.123. The van der Waals surface area contributed by atoms with Crippen LogP contribution in [0, 0.1) is 5.92 Å². The number of hydrogen-bond donors (Lipinski definition) is 2. The van der Waals surface area contributed by atoms with Crippen molar-refractivity contribution in [3.05, 3.63) is 10.3 Å². The second-order valence-corrected chi connectivity index (χ2v) is 6.85. The van der Waals surface area contributed by atoms with Gasteiger partial charge in [0.25, 0.3) is 5.91 Å².